The van der Waals surface area contributed by atoms with Gasteiger partial charge in [0, 0.05) is 0 Å². The van der Waals surface area contributed by atoms with Crippen LogP contribution < -0.4 is 0 Å². The number of halogens is 1. The Hall–Kier alpha value is -0.940. The molecule has 0 spiro atoms. The van der Waals surface area contributed by atoms with Crippen LogP contribution in [-0.2, 0) is 9.84 Å². The molecular formula is C12H17FO3S. The van der Waals surface area contributed by atoms with Gasteiger partial charge < -0.3 is 5.11 Å². The lowest BCUT2D eigenvalue weighted by Gasteiger charge is -2.27. The topological polar surface area (TPSA) is 54.4 Å². The molecule has 0 aliphatic carbocycles. The van der Waals surface area contributed by atoms with Gasteiger partial charge in [-0.25, -0.2) is 12.8 Å². The summed E-state index contributed by atoms with van der Waals surface area (Å²) in [6, 6.07) is 4.81. The van der Waals surface area contributed by atoms with E-state index in [-0.39, 0.29) is 10.8 Å². The summed E-state index contributed by atoms with van der Waals surface area (Å²) in [7, 11) is -3.68. The molecule has 1 N–H and O–H groups in total. The largest absolute Gasteiger partial charge is 0.389 e. The van der Waals surface area contributed by atoms with E-state index in [1.807, 2.05) is 0 Å². The second-order valence-electron chi connectivity index (χ2n) is 4.73. The minimum Gasteiger partial charge on any atom is -0.389 e. The molecule has 17 heavy (non-hydrogen) atoms. The fourth-order valence-corrected chi connectivity index (χ4v) is 3.14. The van der Waals surface area contributed by atoms with E-state index < -0.39 is 27.0 Å². The van der Waals surface area contributed by atoms with Crippen molar-refractivity contribution < 1.29 is 17.9 Å². The average Bonchev–Trinajstić information content (AvgIpc) is 2.15. The van der Waals surface area contributed by atoms with E-state index in [1.54, 1.807) is 13.8 Å². The number of hydrogen-bond donors (Lipinski definition) is 1. The molecule has 0 amide bonds. The first-order valence-electron chi connectivity index (χ1n) is 5.36. The monoisotopic (exact) mass is 260 g/mol. The van der Waals surface area contributed by atoms with Crippen molar-refractivity contribution in [2.45, 2.75) is 31.3 Å². The maximum atomic E-state index is 13.0. The van der Waals surface area contributed by atoms with E-state index in [2.05, 4.69) is 0 Å². The molecule has 0 bridgehead atoms. The molecule has 1 rings (SSSR count). The molecule has 1 aromatic rings. The maximum absolute atomic E-state index is 13.0. The van der Waals surface area contributed by atoms with Crippen LogP contribution in [0.3, 0.4) is 0 Å². The quantitative estimate of drug-likeness (QED) is 0.901. The summed E-state index contributed by atoms with van der Waals surface area (Å²) in [5.41, 5.74) is -1.33. The van der Waals surface area contributed by atoms with Gasteiger partial charge in [-0.2, -0.15) is 0 Å². The Morgan fingerprint density at radius 2 is 2.00 bits per heavy atom. The average molecular weight is 260 g/mol. The third kappa shape index (κ3) is 3.51. The number of rotatable bonds is 4. The van der Waals surface area contributed by atoms with Crippen molar-refractivity contribution in [1.82, 2.24) is 0 Å². The maximum Gasteiger partial charge on any atom is 0.181 e. The summed E-state index contributed by atoms with van der Waals surface area (Å²) in [5, 5.41) is 9.99. The van der Waals surface area contributed by atoms with Gasteiger partial charge in [0.1, 0.15) is 5.82 Å². The second kappa shape index (κ2) is 4.74. The molecule has 1 aromatic carbocycles. The first-order valence-corrected chi connectivity index (χ1v) is 7.01. The fourth-order valence-electron chi connectivity index (χ4n) is 1.30. The van der Waals surface area contributed by atoms with Gasteiger partial charge in [-0.05, 0) is 31.0 Å². The summed E-state index contributed by atoms with van der Waals surface area (Å²) in [4.78, 5) is -0.0987. The van der Waals surface area contributed by atoms with Gasteiger partial charge in [0.2, 0.25) is 0 Å². The van der Waals surface area contributed by atoms with E-state index in [9.17, 15) is 17.9 Å². The summed E-state index contributed by atoms with van der Waals surface area (Å²) in [6.45, 7) is 4.94. The van der Waals surface area contributed by atoms with Crippen molar-refractivity contribution in [2.75, 3.05) is 5.75 Å². The molecular weight excluding hydrogens is 243 g/mol. The minimum atomic E-state index is -3.68. The second-order valence-corrected chi connectivity index (χ2v) is 6.72. The Bertz CT molecular complexity index is 492. The molecule has 0 saturated heterocycles. The van der Waals surface area contributed by atoms with Gasteiger partial charge in [0.15, 0.2) is 9.84 Å². The lowest BCUT2D eigenvalue weighted by molar-refractivity contribution is 0.0359. The molecule has 0 aromatic heterocycles. The van der Waals surface area contributed by atoms with Crippen molar-refractivity contribution in [3.05, 3.63) is 30.1 Å². The van der Waals surface area contributed by atoms with Crippen LogP contribution in [0.15, 0.2) is 29.2 Å². The Labute approximate surface area is 101 Å². The van der Waals surface area contributed by atoms with Crippen molar-refractivity contribution in [3.63, 3.8) is 0 Å². The van der Waals surface area contributed by atoms with Crippen LogP contribution in [-0.4, -0.2) is 24.9 Å². The molecule has 0 heterocycles. The van der Waals surface area contributed by atoms with E-state index in [0.29, 0.717) is 0 Å². The standard InChI is InChI=1S/C12H17FO3S/c1-9(2)12(3,14)8-17(15,16)11-6-4-5-10(13)7-11/h4-7,9,14H,8H2,1-3H3. The van der Waals surface area contributed by atoms with E-state index in [1.165, 1.54) is 25.1 Å². The van der Waals surface area contributed by atoms with Gasteiger partial charge in [-0.15, -0.1) is 0 Å². The SMILES string of the molecule is CC(C)C(C)(O)CS(=O)(=O)c1cccc(F)c1. The van der Waals surface area contributed by atoms with Crippen molar-refractivity contribution >= 4 is 9.84 Å². The zero-order valence-corrected chi connectivity index (χ0v) is 11.0. The molecule has 96 valence electrons. The highest BCUT2D eigenvalue weighted by molar-refractivity contribution is 7.91. The molecule has 0 fully saturated rings. The van der Waals surface area contributed by atoms with Crippen molar-refractivity contribution in [1.29, 1.82) is 0 Å². The van der Waals surface area contributed by atoms with Crippen LogP contribution in [0.1, 0.15) is 20.8 Å². The lowest BCUT2D eigenvalue weighted by atomic mass is 9.95. The van der Waals surface area contributed by atoms with Crippen LogP contribution in [0.25, 0.3) is 0 Å². The summed E-state index contributed by atoms with van der Waals surface area (Å²) in [5.74, 6) is -1.22. The van der Waals surface area contributed by atoms with Crippen LogP contribution in [0.5, 0.6) is 0 Å². The molecule has 0 saturated carbocycles. The Morgan fingerprint density at radius 1 is 1.41 bits per heavy atom. The van der Waals surface area contributed by atoms with Crippen LogP contribution in [0.4, 0.5) is 4.39 Å². The van der Waals surface area contributed by atoms with Gasteiger partial charge in [0.05, 0.1) is 16.2 Å². The predicted octanol–water partition coefficient (Wildman–Crippen LogP) is 2.01. The van der Waals surface area contributed by atoms with Crippen LogP contribution in [0, 0.1) is 11.7 Å². The summed E-state index contributed by atoms with van der Waals surface area (Å²) < 4.78 is 36.9. The highest BCUT2D eigenvalue weighted by atomic mass is 32.2. The minimum absolute atomic E-state index is 0.0987. The molecule has 3 nitrogen and oxygen atoms in total. The number of hydrogen-bond acceptors (Lipinski definition) is 3. The Morgan fingerprint density at radius 3 is 2.47 bits per heavy atom. The summed E-state index contributed by atoms with van der Waals surface area (Å²) >= 11 is 0. The van der Waals surface area contributed by atoms with Crippen molar-refractivity contribution in [3.8, 4) is 0 Å². The first kappa shape index (κ1) is 14.1. The summed E-state index contributed by atoms with van der Waals surface area (Å²) in [6.07, 6.45) is 0. The molecule has 0 radical (unpaired) electrons. The van der Waals surface area contributed by atoms with Crippen LogP contribution >= 0.6 is 0 Å². The highest BCUT2D eigenvalue weighted by Crippen LogP contribution is 2.22. The highest BCUT2D eigenvalue weighted by Gasteiger charge is 2.32. The number of aliphatic hydroxyl groups is 1. The van der Waals surface area contributed by atoms with E-state index >= 15 is 0 Å². The molecule has 1 atom stereocenters. The Kier molecular flexibility index (Phi) is 3.94. The van der Waals surface area contributed by atoms with Crippen molar-refractivity contribution in [2.24, 2.45) is 5.92 Å². The molecule has 0 aliphatic heterocycles. The smallest absolute Gasteiger partial charge is 0.181 e. The normalized spacial score (nSPS) is 15.9. The van der Waals surface area contributed by atoms with Gasteiger partial charge >= 0.3 is 0 Å². The molecule has 1 unspecified atom stereocenters. The number of benzene rings is 1. The molecule has 0 aliphatic rings. The Balaban J connectivity index is 3.06. The third-order valence-electron chi connectivity index (χ3n) is 2.88. The third-order valence-corrected chi connectivity index (χ3v) is 4.82. The van der Waals surface area contributed by atoms with Gasteiger partial charge in [0.25, 0.3) is 0 Å². The van der Waals surface area contributed by atoms with E-state index in [4.69, 9.17) is 0 Å². The zero-order chi connectivity index (χ0) is 13.3. The lowest BCUT2D eigenvalue weighted by Crippen LogP contribution is -2.39. The number of sulfone groups is 1. The molecule has 5 heteroatoms. The van der Waals surface area contributed by atoms with E-state index in [0.717, 1.165) is 6.07 Å². The van der Waals surface area contributed by atoms with Crippen LogP contribution in [0.2, 0.25) is 0 Å². The van der Waals surface area contributed by atoms with Gasteiger partial charge in [-0.1, -0.05) is 19.9 Å². The first-order chi connectivity index (χ1) is 7.65. The predicted molar refractivity (Wildman–Crippen MR) is 63.9 cm³/mol. The zero-order valence-electron chi connectivity index (χ0n) is 10.1. The fraction of sp³-hybridized carbons (Fsp3) is 0.500. The van der Waals surface area contributed by atoms with Gasteiger partial charge in [-0.3, -0.25) is 0 Å².